The van der Waals surface area contributed by atoms with Gasteiger partial charge in [-0.2, -0.15) is 0 Å². The van der Waals surface area contributed by atoms with Crippen LogP contribution in [-0.2, 0) is 4.79 Å². The molecule has 0 spiro atoms. The molecule has 0 radical (unpaired) electrons. The van der Waals surface area contributed by atoms with Crippen LogP contribution in [0.2, 0.25) is 0 Å². The van der Waals surface area contributed by atoms with Gasteiger partial charge in [-0.15, -0.1) is 11.3 Å². The van der Waals surface area contributed by atoms with Crippen LogP contribution in [0.1, 0.15) is 37.7 Å². The molecular formula is C17H19N3O3S. The molecule has 6 nitrogen and oxygen atoms in total. The molecular weight excluding hydrogens is 326 g/mol. The van der Waals surface area contributed by atoms with Crippen LogP contribution in [0.15, 0.2) is 23.6 Å². The number of nitro groups is 1. The van der Waals surface area contributed by atoms with Crippen molar-refractivity contribution in [1.82, 2.24) is 4.98 Å². The zero-order valence-corrected chi connectivity index (χ0v) is 14.3. The van der Waals surface area contributed by atoms with E-state index >= 15 is 0 Å². The van der Waals surface area contributed by atoms with Crippen molar-refractivity contribution in [2.45, 2.75) is 39.0 Å². The Bertz CT molecular complexity index is 766. The van der Waals surface area contributed by atoms with E-state index in [1.165, 1.54) is 30.2 Å². The van der Waals surface area contributed by atoms with Crippen molar-refractivity contribution in [3.8, 4) is 11.3 Å². The Hall–Kier alpha value is -2.28. The first-order valence-electron chi connectivity index (χ1n) is 8.03. The molecule has 0 unspecified atom stereocenters. The molecule has 0 atom stereocenters. The quantitative estimate of drug-likeness (QED) is 0.636. The number of nitro benzene ring substituents is 1. The Balaban J connectivity index is 1.70. The second-order valence-corrected chi connectivity index (χ2v) is 7.06. The van der Waals surface area contributed by atoms with Gasteiger partial charge in [-0.05, 0) is 25.7 Å². The van der Waals surface area contributed by atoms with Gasteiger partial charge in [-0.3, -0.25) is 14.9 Å². The summed E-state index contributed by atoms with van der Waals surface area (Å²) in [6, 6.07) is 5.04. The number of benzene rings is 1. The summed E-state index contributed by atoms with van der Waals surface area (Å²) < 4.78 is 0. The highest BCUT2D eigenvalue weighted by Crippen LogP contribution is 2.30. The average Bonchev–Trinajstić information content (AvgIpc) is 3.19. The molecule has 2 aromatic rings. The molecule has 1 heterocycles. The highest BCUT2D eigenvalue weighted by molar-refractivity contribution is 7.14. The molecule has 1 N–H and O–H groups in total. The molecule has 3 rings (SSSR count). The van der Waals surface area contributed by atoms with Gasteiger partial charge in [0.25, 0.3) is 5.69 Å². The van der Waals surface area contributed by atoms with Crippen LogP contribution in [0.4, 0.5) is 10.8 Å². The van der Waals surface area contributed by atoms with Crippen LogP contribution in [0, 0.1) is 23.0 Å². The van der Waals surface area contributed by atoms with Crippen LogP contribution >= 0.6 is 11.3 Å². The minimum absolute atomic E-state index is 0.00214. The second-order valence-electron chi connectivity index (χ2n) is 6.20. The minimum Gasteiger partial charge on any atom is -0.302 e. The first-order chi connectivity index (χ1) is 11.5. The summed E-state index contributed by atoms with van der Waals surface area (Å²) in [5, 5.41) is 16.2. The summed E-state index contributed by atoms with van der Waals surface area (Å²) in [4.78, 5) is 27.1. The molecule has 1 aliphatic carbocycles. The highest BCUT2D eigenvalue weighted by Gasteiger charge is 2.19. The summed E-state index contributed by atoms with van der Waals surface area (Å²) >= 11 is 1.34. The smallest absolute Gasteiger partial charge is 0.272 e. The van der Waals surface area contributed by atoms with Crippen molar-refractivity contribution < 1.29 is 9.72 Å². The third-order valence-electron chi connectivity index (χ3n) is 4.40. The third-order valence-corrected chi connectivity index (χ3v) is 5.16. The number of amides is 1. The van der Waals surface area contributed by atoms with Crippen LogP contribution in [0.3, 0.4) is 0 Å². The van der Waals surface area contributed by atoms with Gasteiger partial charge in [0.05, 0.1) is 10.6 Å². The van der Waals surface area contributed by atoms with Gasteiger partial charge in [-0.1, -0.05) is 25.0 Å². The Morgan fingerprint density at radius 1 is 1.42 bits per heavy atom. The number of carbonyl (C=O) groups excluding carboxylic acids is 1. The van der Waals surface area contributed by atoms with E-state index in [1.54, 1.807) is 18.4 Å². The van der Waals surface area contributed by atoms with E-state index in [2.05, 4.69) is 10.3 Å². The fourth-order valence-corrected chi connectivity index (χ4v) is 3.81. The number of hydrogen-bond acceptors (Lipinski definition) is 5. The summed E-state index contributed by atoms with van der Waals surface area (Å²) in [6.45, 7) is 1.71. The number of aromatic nitrogens is 1. The Morgan fingerprint density at radius 3 is 2.88 bits per heavy atom. The topological polar surface area (TPSA) is 85.1 Å². The highest BCUT2D eigenvalue weighted by atomic mass is 32.1. The molecule has 1 aliphatic rings. The van der Waals surface area contributed by atoms with E-state index in [0.29, 0.717) is 34.3 Å². The molecule has 126 valence electrons. The van der Waals surface area contributed by atoms with Crippen molar-refractivity contribution >= 4 is 28.1 Å². The SMILES string of the molecule is Cc1ccc(-c2csc(NC(=O)CC3CCCC3)n2)cc1[N+](=O)[O-]. The van der Waals surface area contributed by atoms with Gasteiger partial charge in [0.1, 0.15) is 0 Å². The number of nitrogens with zero attached hydrogens (tertiary/aromatic N) is 2. The lowest BCUT2D eigenvalue weighted by molar-refractivity contribution is -0.385. The van der Waals surface area contributed by atoms with Crippen molar-refractivity contribution in [3.63, 3.8) is 0 Å². The van der Waals surface area contributed by atoms with Gasteiger partial charge >= 0.3 is 0 Å². The first-order valence-corrected chi connectivity index (χ1v) is 8.91. The van der Waals surface area contributed by atoms with E-state index < -0.39 is 4.92 Å². The Kier molecular flexibility index (Phi) is 4.89. The van der Waals surface area contributed by atoms with Gasteiger partial charge < -0.3 is 5.32 Å². The maximum atomic E-state index is 12.1. The predicted octanol–water partition coefficient (Wildman–Crippen LogP) is 4.55. The van der Waals surface area contributed by atoms with E-state index in [9.17, 15) is 14.9 Å². The second kappa shape index (κ2) is 7.09. The maximum Gasteiger partial charge on any atom is 0.272 e. The van der Waals surface area contributed by atoms with Crippen LogP contribution in [0.25, 0.3) is 11.3 Å². The Morgan fingerprint density at radius 2 is 2.17 bits per heavy atom. The standard InChI is InChI=1S/C17H19N3O3S/c1-11-6-7-13(9-15(11)20(22)23)14-10-24-17(18-14)19-16(21)8-12-4-2-3-5-12/h6-7,9-10,12H,2-5,8H2,1H3,(H,18,19,21). The zero-order chi connectivity index (χ0) is 17.1. The molecule has 24 heavy (non-hydrogen) atoms. The van der Waals surface area contributed by atoms with E-state index in [1.807, 2.05) is 6.07 Å². The summed E-state index contributed by atoms with van der Waals surface area (Å²) in [6.07, 6.45) is 5.23. The molecule has 1 aromatic carbocycles. The molecule has 1 fully saturated rings. The molecule has 7 heteroatoms. The lowest BCUT2D eigenvalue weighted by Gasteiger charge is -2.07. The number of anilines is 1. The molecule has 0 aliphatic heterocycles. The minimum atomic E-state index is -0.393. The normalized spacial score (nSPS) is 14.7. The number of aryl methyl sites for hydroxylation is 1. The van der Waals surface area contributed by atoms with Crippen LogP contribution in [0.5, 0.6) is 0 Å². The number of nitrogens with one attached hydrogen (secondary N) is 1. The van der Waals surface area contributed by atoms with Crippen molar-refractivity contribution in [3.05, 3.63) is 39.3 Å². The fourth-order valence-electron chi connectivity index (χ4n) is 3.08. The monoisotopic (exact) mass is 345 g/mol. The summed E-state index contributed by atoms with van der Waals surface area (Å²) in [5.41, 5.74) is 2.01. The largest absolute Gasteiger partial charge is 0.302 e. The van der Waals surface area contributed by atoms with Gasteiger partial charge in [0.15, 0.2) is 5.13 Å². The lowest BCUT2D eigenvalue weighted by Crippen LogP contribution is -2.14. The summed E-state index contributed by atoms with van der Waals surface area (Å²) in [5.74, 6) is 0.488. The molecule has 1 amide bonds. The maximum absolute atomic E-state index is 12.1. The number of thiazole rings is 1. The number of rotatable bonds is 5. The number of hydrogen-bond donors (Lipinski definition) is 1. The lowest BCUT2D eigenvalue weighted by atomic mass is 10.0. The fraction of sp³-hybridized carbons (Fsp3) is 0.412. The average molecular weight is 345 g/mol. The van der Waals surface area contributed by atoms with E-state index in [-0.39, 0.29) is 11.6 Å². The predicted molar refractivity (Wildman–Crippen MR) is 94.1 cm³/mol. The molecule has 1 saturated carbocycles. The van der Waals surface area contributed by atoms with Crippen LogP contribution in [-0.4, -0.2) is 15.8 Å². The van der Waals surface area contributed by atoms with Gasteiger partial charge in [0, 0.05) is 29.0 Å². The van der Waals surface area contributed by atoms with Crippen molar-refractivity contribution in [2.24, 2.45) is 5.92 Å². The molecule has 0 saturated heterocycles. The van der Waals surface area contributed by atoms with Crippen molar-refractivity contribution in [1.29, 1.82) is 0 Å². The molecule has 1 aromatic heterocycles. The Labute approximate surface area is 144 Å². The molecule has 0 bridgehead atoms. The van der Waals surface area contributed by atoms with E-state index in [0.717, 1.165) is 12.8 Å². The first kappa shape index (κ1) is 16.6. The third kappa shape index (κ3) is 3.79. The van der Waals surface area contributed by atoms with Crippen LogP contribution < -0.4 is 5.32 Å². The number of carbonyl (C=O) groups is 1. The van der Waals surface area contributed by atoms with E-state index in [4.69, 9.17) is 0 Å². The van der Waals surface area contributed by atoms with Crippen molar-refractivity contribution in [2.75, 3.05) is 5.32 Å². The summed E-state index contributed by atoms with van der Waals surface area (Å²) in [7, 11) is 0. The van der Waals surface area contributed by atoms with Gasteiger partial charge in [0.2, 0.25) is 5.91 Å². The van der Waals surface area contributed by atoms with Gasteiger partial charge in [-0.25, -0.2) is 4.98 Å². The zero-order valence-electron chi connectivity index (χ0n) is 13.4.